The SMILES string of the molecule is CN(C)CCN(C(=O)CCOc1ccccc1)c1nc2cc3c(cc2s1)OCO3. The van der Waals surface area contributed by atoms with Crippen LogP contribution in [0.25, 0.3) is 10.2 Å². The number of hydrogen-bond acceptors (Lipinski definition) is 7. The van der Waals surface area contributed by atoms with Gasteiger partial charge in [0.2, 0.25) is 12.7 Å². The third-order valence-corrected chi connectivity index (χ3v) is 5.54. The van der Waals surface area contributed by atoms with Crippen molar-refractivity contribution in [2.45, 2.75) is 6.42 Å². The Labute approximate surface area is 173 Å². The number of benzene rings is 2. The minimum absolute atomic E-state index is 0.0121. The van der Waals surface area contributed by atoms with E-state index in [-0.39, 0.29) is 19.1 Å². The van der Waals surface area contributed by atoms with Gasteiger partial charge in [0.1, 0.15) is 5.75 Å². The number of likely N-dealkylation sites (N-methyl/N-ethyl adjacent to an activating group) is 1. The first-order valence-corrected chi connectivity index (χ1v) is 10.2. The van der Waals surface area contributed by atoms with Gasteiger partial charge in [-0.25, -0.2) is 4.98 Å². The van der Waals surface area contributed by atoms with Crippen LogP contribution in [0.1, 0.15) is 6.42 Å². The lowest BCUT2D eigenvalue weighted by atomic mass is 10.3. The van der Waals surface area contributed by atoms with Crippen molar-refractivity contribution in [3.63, 3.8) is 0 Å². The Morgan fingerprint density at radius 2 is 1.90 bits per heavy atom. The van der Waals surface area contributed by atoms with Gasteiger partial charge in [0, 0.05) is 25.2 Å². The molecular formula is C21H23N3O4S. The molecule has 0 saturated carbocycles. The highest BCUT2D eigenvalue weighted by molar-refractivity contribution is 7.22. The van der Waals surface area contributed by atoms with Crippen molar-refractivity contribution in [3.8, 4) is 17.2 Å². The predicted octanol–water partition coefficient (Wildman–Crippen LogP) is 3.39. The molecule has 0 unspecified atom stereocenters. The summed E-state index contributed by atoms with van der Waals surface area (Å²) in [5.74, 6) is 2.16. The largest absolute Gasteiger partial charge is 0.493 e. The molecule has 0 aliphatic carbocycles. The molecule has 0 atom stereocenters. The Morgan fingerprint density at radius 1 is 1.14 bits per heavy atom. The van der Waals surface area contributed by atoms with Gasteiger partial charge in [-0.15, -0.1) is 0 Å². The Morgan fingerprint density at radius 3 is 2.66 bits per heavy atom. The first-order valence-electron chi connectivity index (χ1n) is 9.43. The maximum atomic E-state index is 13.0. The molecule has 0 N–H and O–H groups in total. The number of carbonyl (C=O) groups excluding carboxylic acids is 1. The fraction of sp³-hybridized carbons (Fsp3) is 0.333. The molecule has 3 aromatic rings. The molecule has 0 bridgehead atoms. The average Bonchev–Trinajstić information content (AvgIpc) is 3.32. The standard InChI is InChI=1S/C21H23N3O4S/c1-23(2)9-10-24(20(25)8-11-26-15-6-4-3-5-7-15)21-22-16-12-17-18(28-14-27-17)13-19(16)29-21/h3-7,12-13H,8-11,14H2,1-2H3. The topological polar surface area (TPSA) is 64.1 Å². The van der Waals surface area contributed by atoms with Crippen LogP contribution in [-0.2, 0) is 4.79 Å². The Bertz CT molecular complexity index is 949. The van der Waals surface area contributed by atoms with Crippen LogP contribution in [0.5, 0.6) is 17.2 Å². The van der Waals surface area contributed by atoms with Crippen molar-refractivity contribution >= 4 is 32.6 Å². The molecule has 1 aliphatic rings. The van der Waals surface area contributed by atoms with E-state index in [9.17, 15) is 4.79 Å². The second-order valence-electron chi connectivity index (χ2n) is 6.93. The zero-order chi connectivity index (χ0) is 20.2. The summed E-state index contributed by atoms with van der Waals surface area (Å²) >= 11 is 1.48. The summed E-state index contributed by atoms with van der Waals surface area (Å²) < 4.78 is 17.5. The van der Waals surface area contributed by atoms with E-state index in [1.807, 2.05) is 61.5 Å². The minimum atomic E-state index is -0.0121. The molecule has 7 nitrogen and oxygen atoms in total. The van der Waals surface area contributed by atoms with Crippen molar-refractivity contribution in [2.75, 3.05) is 45.5 Å². The number of rotatable bonds is 8. The van der Waals surface area contributed by atoms with E-state index >= 15 is 0 Å². The number of aromatic nitrogens is 1. The Balaban J connectivity index is 1.50. The van der Waals surface area contributed by atoms with E-state index in [1.54, 1.807) is 4.90 Å². The van der Waals surface area contributed by atoms with Crippen LogP contribution in [0.2, 0.25) is 0 Å². The van der Waals surface area contributed by atoms with E-state index in [1.165, 1.54) is 11.3 Å². The second-order valence-corrected chi connectivity index (χ2v) is 7.94. The number of amides is 1. The third kappa shape index (κ3) is 4.60. The summed E-state index contributed by atoms with van der Waals surface area (Å²) in [6.45, 7) is 1.85. The zero-order valence-corrected chi connectivity index (χ0v) is 17.3. The molecule has 2 aromatic carbocycles. The van der Waals surface area contributed by atoms with Crippen molar-refractivity contribution in [2.24, 2.45) is 0 Å². The lowest BCUT2D eigenvalue weighted by molar-refractivity contribution is -0.119. The minimum Gasteiger partial charge on any atom is -0.493 e. The molecule has 1 amide bonds. The number of fused-ring (bicyclic) bond motifs is 2. The summed E-state index contributed by atoms with van der Waals surface area (Å²) in [7, 11) is 3.97. The van der Waals surface area contributed by atoms with Crippen molar-refractivity contribution in [1.29, 1.82) is 0 Å². The van der Waals surface area contributed by atoms with E-state index in [0.717, 1.165) is 28.3 Å². The Kier molecular flexibility index (Phi) is 5.82. The summed E-state index contributed by atoms with van der Waals surface area (Å²) in [5, 5.41) is 0.676. The molecule has 152 valence electrons. The van der Waals surface area contributed by atoms with E-state index in [2.05, 4.69) is 4.98 Å². The summed E-state index contributed by atoms with van der Waals surface area (Å²) in [5.41, 5.74) is 0.803. The van der Waals surface area contributed by atoms with Crippen molar-refractivity contribution in [1.82, 2.24) is 9.88 Å². The average molecular weight is 413 g/mol. The number of nitrogens with zero attached hydrogens (tertiary/aromatic N) is 3. The molecule has 29 heavy (non-hydrogen) atoms. The molecule has 1 aliphatic heterocycles. The second kappa shape index (κ2) is 8.67. The zero-order valence-electron chi connectivity index (χ0n) is 16.5. The van der Waals surface area contributed by atoms with Gasteiger partial charge in [0.25, 0.3) is 0 Å². The van der Waals surface area contributed by atoms with Gasteiger partial charge in [-0.05, 0) is 26.2 Å². The lowest BCUT2D eigenvalue weighted by Crippen LogP contribution is -2.37. The van der Waals surface area contributed by atoms with Gasteiger partial charge in [0.15, 0.2) is 16.6 Å². The van der Waals surface area contributed by atoms with E-state index in [4.69, 9.17) is 14.2 Å². The third-order valence-electron chi connectivity index (χ3n) is 4.50. The van der Waals surface area contributed by atoms with Crippen LogP contribution in [0.4, 0.5) is 5.13 Å². The molecule has 0 fully saturated rings. The highest BCUT2D eigenvalue weighted by atomic mass is 32.1. The van der Waals surface area contributed by atoms with E-state index < -0.39 is 0 Å². The molecule has 2 heterocycles. The molecule has 0 spiro atoms. The summed E-state index contributed by atoms with van der Waals surface area (Å²) in [6, 6.07) is 13.3. The number of hydrogen-bond donors (Lipinski definition) is 0. The number of para-hydroxylation sites is 1. The van der Waals surface area contributed by atoms with Crippen LogP contribution in [-0.4, -0.2) is 56.4 Å². The smallest absolute Gasteiger partial charge is 0.232 e. The van der Waals surface area contributed by atoms with Gasteiger partial charge in [-0.1, -0.05) is 29.5 Å². The fourth-order valence-corrected chi connectivity index (χ4v) is 3.98. The van der Waals surface area contributed by atoms with Crippen LogP contribution < -0.4 is 19.1 Å². The van der Waals surface area contributed by atoms with Gasteiger partial charge in [-0.2, -0.15) is 0 Å². The van der Waals surface area contributed by atoms with Crippen LogP contribution in [0.3, 0.4) is 0 Å². The summed E-state index contributed by atoms with van der Waals surface area (Å²) in [4.78, 5) is 21.4. The highest BCUT2D eigenvalue weighted by Crippen LogP contribution is 2.39. The number of carbonyl (C=O) groups is 1. The molecule has 0 radical (unpaired) electrons. The van der Waals surface area contributed by atoms with Gasteiger partial charge >= 0.3 is 0 Å². The fourth-order valence-electron chi connectivity index (χ4n) is 2.96. The predicted molar refractivity (Wildman–Crippen MR) is 113 cm³/mol. The molecule has 8 heteroatoms. The first kappa shape index (κ1) is 19.5. The number of anilines is 1. The molecular weight excluding hydrogens is 390 g/mol. The van der Waals surface area contributed by atoms with E-state index in [0.29, 0.717) is 24.0 Å². The van der Waals surface area contributed by atoms with Crippen LogP contribution in [0.15, 0.2) is 42.5 Å². The maximum Gasteiger partial charge on any atom is 0.232 e. The number of ether oxygens (including phenoxy) is 3. The van der Waals surface area contributed by atoms with Crippen molar-refractivity contribution < 1.29 is 19.0 Å². The molecule has 4 rings (SSSR count). The monoisotopic (exact) mass is 413 g/mol. The van der Waals surface area contributed by atoms with Gasteiger partial charge in [-0.3, -0.25) is 9.69 Å². The molecule has 0 saturated heterocycles. The van der Waals surface area contributed by atoms with Gasteiger partial charge < -0.3 is 19.1 Å². The highest BCUT2D eigenvalue weighted by Gasteiger charge is 2.22. The molecule has 1 aromatic heterocycles. The first-order chi connectivity index (χ1) is 14.1. The maximum absolute atomic E-state index is 13.0. The quantitative estimate of drug-likeness (QED) is 0.564. The van der Waals surface area contributed by atoms with Crippen LogP contribution in [0, 0.1) is 0 Å². The lowest BCUT2D eigenvalue weighted by Gasteiger charge is -2.22. The van der Waals surface area contributed by atoms with Gasteiger partial charge in [0.05, 0.1) is 23.2 Å². The summed E-state index contributed by atoms with van der Waals surface area (Å²) in [6.07, 6.45) is 0.279. The Hall–Kier alpha value is -2.84. The van der Waals surface area contributed by atoms with Crippen LogP contribution >= 0.6 is 11.3 Å². The van der Waals surface area contributed by atoms with Crippen molar-refractivity contribution in [3.05, 3.63) is 42.5 Å². The number of thiazole rings is 1. The normalized spacial score (nSPS) is 12.5.